The van der Waals surface area contributed by atoms with Crippen LogP contribution < -0.4 is 0 Å². The van der Waals surface area contributed by atoms with Gasteiger partial charge in [-0.3, -0.25) is 0 Å². The molecule has 0 N–H and O–H groups in total. The predicted molar refractivity (Wildman–Crippen MR) is 48.6 cm³/mol. The summed E-state index contributed by atoms with van der Waals surface area (Å²) in [7, 11) is 0. The molecule has 0 aliphatic heterocycles. The Morgan fingerprint density at radius 3 is 2.36 bits per heavy atom. The van der Waals surface area contributed by atoms with E-state index in [4.69, 9.17) is 4.74 Å². The summed E-state index contributed by atoms with van der Waals surface area (Å²) in [6.45, 7) is 4.79. The summed E-state index contributed by atoms with van der Waals surface area (Å²) in [5.74, 6) is 0. The van der Waals surface area contributed by atoms with Crippen LogP contribution >= 0.6 is 0 Å². The van der Waals surface area contributed by atoms with E-state index in [1.807, 2.05) is 30.3 Å². The Hall–Kier alpha value is 0.816. The van der Waals surface area contributed by atoms with E-state index in [9.17, 15) is 0 Å². The van der Waals surface area contributed by atoms with Gasteiger partial charge in [0.1, 0.15) is 0 Å². The monoisotopic (exact) mass is 175 g/mol. The van der Waals surface area contributed by atoms with Gasteiger partial charge in [-0.25, -0.2) is 0 Å². The van der Waals surface area contributed by atoms with Crippen LogP contribution in [0.1, 0.15) is 5.56 Å². The van der Waals surface area contributed by atoms with Crippen LogP contribution in [0.2, 0.25) is 0 Å². The van der Waals surface area contributed by atoms with Gasteiger partial charge in [-0.05, 0) is 12.5 Å². The van der Waals surface area contributed by atoms with Crippen molar-refractivity contribution in [3.63, 3.8) is 0 Å². The van der Waals surface area contributed by atoms with E-state index in [2.05, 4.69) is 6.92 Å². The summed E-state index contributed by atoms with van der Waals surface area (Å²) >= 11 is 0. The van der Waals surface area contributed by atoms with E-state index >= 15 is 0 Å². The fraction of sp³-hybridized carbons (Fsp3) is 0.222. The Balaban J connectivity index is 0.000001000. The molecule has 0 atom stereocenters. The molecule has 0 unspecified atom stereocenters. The van der Waals surface area contributed by atoms with Crippen molar-refractivity contribution >= 4 is 51.4 Å². The van der Waals surface area contributed by atoms with Crippen LogP contribution in [0.15, 0.2) is 30.3 Å². The summed E-state index contributed by atoms with van der Waals surface area (Å²) in [5, 5.41) is 0. The van der Waals surface area contributed by atoms with Crippen LogP contribution in [-0.2, 0) is 11.3 Å². The zero-order chi connectivity index (χ0) is 7.23. The van der Waals surface area contributed by atoms with Gasteiger partial charge < -0.3 is 4.74 Å². The van der Waals surface area contributed by atoms with Crippen molar-refractivity contribution in [1.82, 2.24) is 0 Å². The fourth-order valence-corrected chi connectivity index (χ4v) is 0.764. The van der Waals surface area contributed by atoms with Crippen LogP contribution in [0.5, 0.6) is 0 Å². The molecule has 1 radical (unpaired) electrons. The van der Waals surface area contributed by atoms with Crippen LogP contribution in [-0.4, -0.2) is 58.0 Å². The second kappa shape index (κ2) is 7.46. The molecule has 1 aromatic rings. The zero-order valence-electron chi connectivity index (χ0n) is 5.92. The first-order valence-corrected chi connectivity index (χ1v) is 3.34. The van der Waals surface area contributed by atoms with Gasteiger partial charge in [-0.1, -0.05) is 30.3 Å². The predicted octanol–water partition coefficient (Wildman–Crippen LogP) is 1.39. The summed E-state index contributed by atoms with van der Waals surface area (Å²) in [5.41, 5.74) is 1.20. The summed E-state index contributed by atoms with van der Waals surface area (Å²) in [6, 6.07) is 10.1. The Morgan fingerprint density at radius 1 is 1.18 bits per heavy atom. The molecule has 1 rings (SSSR count). The van der Waals surface area contributed by atoms with E-state index in [1.54, 1.807) is 0 Å². The minimum absolute atomic E-state index is 0. The summed E-state index contributed by atoms with van der Waals surface area (Å²) in [4.78, 5) is 0. The summed E-state index contributed by atoms with van der Waals surface area (Å²) in [6.07, 6.45) is 0. The number of benzene rings is 1. The Kier molecular flexibility index (Phi) is 8.02. The third-order valence-corrected chi connectivity index (χ3v) is 1.26. The molecule has 0 saturated carbocycles. The standard InChI is InChI=1S/C9H11O.K.H/c1-2-10-8-9-6-4-3-5-7-9;;/h3-7H,1-2,8H2;;. The first-order chi connectivity index (χ1) is 4.93. The molecule has 0 fully saturated rings. The molecule has 0 amide bonds. The molecule has 0 bridgehead atoms. The molecule has 0 aliphatic rings. The van der Waals surface area contributed by atoms with Gasteiger partial charge in [-0.2, -0.15) is 0 Å². The molecule has 55 valence electrons. The molecule has 0 saturated heterocycles. The van der Waals surface area contributed by atoms with Crippen molar-refractivity contribution < 1.29 is 4.74 Å². The Labute approximate surface area is 111 Å². The van der Waals surface area contributed by atoms with Crippen LogP contribution in [0.3, 0.4) is 0 Å². The summed E-state index contributed by atoms with van der Waals surface area (Å²) < 4.78 is 5.11. The molecule has 2 heteroatoms. The van der Waals surface area contributed by atoms with Crippen molar-refractivity contribution in [1.29, 1.82) is 0 Å². The van der Waals surface area contributed by atoms with E-state index in [0.717, 1.165) is 0 Å². The molecule has 1 aromatic carbocycles. The topological polar surface area (TPSA) is 9.23 Å². The van der Waals surface area contributed by atoms with Crippen molar-refractivity contribution in [2.45, 2.75) is 6.61 Å². The maximum absolute atomic E-state index is 5.11. The van der Waals surface area contributed by atoms with Crippen LogP contribution in [0.4, 0.5) is 0 Å². The van der Waals surface area contributed by atoms with Crippen molar-refractivity contribution in [3.8, 4) is 0 Å². The van der Waals surface area contributed by atoms with Crippen LogP contribution in [0.25, 0.3) is 0 Å². The minimum atomic E-state index is 0. The number of hydrogen-bond donors (Lipinski definition) is 0. The Bertz CT molecular complexity index is 174. The van der Waals surface area contributed by atoms with E-state index in [1.165, 1.54) is 5.56 Å². The second-order valence-corrected chi connectivity index (χ2v) is 2.04. The molecule has 1 nitrogen and oxygen atoms in total. The normalized spacial score (nSPS) is 8.82. The third-order valence-electron chi connectivity index (χ3n) is 1.26. The first-order valence-electron chi connectivity index (χ1n) is 3.34. The van der Waals surface area contributed by atoms with E-state index in [0.29, 0.717) is 13.2 Å². The van der Waals surface area contributed by atoms with Crippen LogP contribution in [0, 0.1) is 6.92 Å². The molecule has 0 heterocycles. The molecular formula is C9H12KO. The first kappa shape index (κ1) is 11.8. The number of rotatable bonds is 3. The molecule has 11 heavy (non-hydrogen) atoms. The molecule has 0 aromatic heterocycles. The average molecular weight is 175 g/mol. The maximum atomic E-state index is 5.11. The SMILES string of the molecule is [CH2]COCc1ccccc1.[KH]. The second-order valence-electron chi connectivity index (χ2n) is 2.04. The number of ether oxygens (including phenoxy) is 1. The third kappa shape index (κ3) is 5.12. The molecular weight excluding hydrogens is 163 g/mol. The number of hydrogen-bond acceptors (Lipinski definition) is 1. The molecule has 0 aliphatic carbocycles. The van der Waals surface area contributed by atoms with E-state index in [-0.39, 0.29) is 51.4 Å². The Morgan fingerprint density at radius 2 is 1.82 bits per heavy atom. The van der Waals surface area contributed by atoms with Crippen molar-refractivity contribution in [2.75, 3.05) is 6.61 Å². The van der Waals surface area contributed by atoms with Crippen molar-refractivity contribution in [3.05, 3.63) is 42.8 Å². The van der Waals surface area contributed by atoms with Gasteiger partial charge >= 0.3 is 51.4 Å². The van der Waals surface area contributed by atoms with Gasteiger partial charge in [0.2, 0.25) is 0 Å². The quantitative estimate of drug-likeness (QED) is 0.631. The zero-order valence-corrected chi connectivity index (χ0v) is 5.92. The average Bonchev–Trinajstić information content (AvgIpc) is 2.03. The van der Waals surface area contributed by atoms with Gasteiger partial charge in [-0.15, -0.1) is 0 Å². The fourth-order valence-electron chi connectivity index (χ4n) is 0.764. The van der Waals surface area contributed by atoms with Gasteiger partial charge in [0.25, 0.3) is 0 Å². The van der Waals surface area contributed by atoms with Crippen molar-refractivity contribution in [2.24, 2.45) is 0 Å². The van der Waals surface area contributed by atoms with Gasteiger partial charge in [0.05, 0.1) is 6.61 Å². The molecule has 0 spiro atoms. The van der Waals surface area contributed by atoms with Gasteiger partial charge in [0, 0.05) is 6.61 Å². The van der Waals surface area contributed by atoms with E-state index < -0.39 is 0 Å². The van der Waals surface area contributed by atoms with Gasteiger partial charge in [0.15, 0.2) is 0 Å².